The van der Waals surface area contributed by atoms with E-state index in [0.717, 1.165) is 30.6 Å². The van der Waals surface area contributed by atoms with Gasteiger partial charge in [0, 0.05) is 24.1 Å². The minimum atomic E-state index is -0.951. The van der Waals surface area contributed by atoms with E-state index in [1.54, 1.807) is 23.9 Å². The maximum absolute atomic E-state index is 13.0. The lowest BCUT2D eigenvalue weighted by atomic mass is 9.97. The van der Waals surface area contributed by atoms with Crippen molar-refractivity contribution < 1.29 is 19.1 Å². The molecule has 1 heterocycles. The molecule has 3 rings (SSSR count). The number of urea groups is 1. The third kappa shape index (κ3) is 3.83. The first kappa shape index (κ1) is 17.1. The van der Waals surface area contributed by atoms with Gasteiger partial charge in [-0.05, 0) is 42.9 Å². The normalized spacial score (nSPS) is 27.0. The Morgan fingerprint density at radius 2 is 2.00 bits per heavy atom. The number of carboxylic acid groups (broad SMARTS) is 1. The van der Waals surface area contributed by atoms with E-state index in [9.17, 15) is 19.1 Å². The van der Waals surface area contributed by atoms with Crippen LogP contribution in [0.3, 0.4) is 0 Å². The van der Waals surface area contributed by atoms with Crippen LogP contribution in [-0.2, 0) is 4.79 Å². The Labute approximate surface area is 144 Å². The molecule has 3 unspecified atom stereocenters. The molecule has 1 saturated carbocycles. The number of carboxylic acids is 1. The number of nitrogens with one attached hydrogen (secondary N) is 1. The quantitative estimate of drug-likeness (QED) is 0.877. The van der Waals surface area contributed by atoms with E-state index in [0.29, 0.717) is 18.2 Å². The lowest BCUT2D eigenvalue weighted by Crippen LogP contribution is -2.55. The summed E-state index contributed by atoms with van der Waals surface area (Å²) in [6.45, 7) is 0.460. The number of nitrogens with zero attached hydrogens (tertiary/aromatic N) is 1. The molecule has 5 nitrogen and oxygen atoms in total. The van der Waals surface area contributed by atoms with Gasteiger partial charge in [0.05, 0.1) is 0 Å². The van der Waals surface area contributed by atoms with Crippen LogP contribution >= 0.6 is 11.8 Å². The molecule has 1 aromatic rings. The minimum absolute atomic E-state index is 0.0385. The Balaban J connectivity index is 1.57. The molecule has 130 valence electrons. The maximum Gasteiger partial charge on any atom is 0.327 e. The monoisotopic (exact) mass is 352 g/mol. The van der Waals surface area contributed by atoms with Gasteiger partial charge >= 0.3 is 12.0 Å². The van der Waals surface area contributed by atoms with Crippen molar-refractivity contribution >= 4 is 23.8 Å². The average Bonchev–Trinajstić information content (AvgIpc) is 3.04. The number of hydrogen-bond acceptors (Lipinski definition) is 3. The minimum Gasteiger partial charge on any atom is -0.480 e. The van der Waals surface area contributed by atoms with Gasteiger partial charge in [-0.2, -0.15) is 11.8 Å². The summed E-state index contributed by atoms with van der Waals surface area (Å²) in [6, 6.07) is 5.52. The Kier molecular flexibility index (Phi) is 5.28. The number of rotatable bonds is 3. The molecule has 3 atom stereocenters. The Hall–Kier alpha value is -1.76. The number of carbonyl (C=O) groups is 2. The average molecular weight is 352 g/mol. The van der Waals surface area contributed by atoms with E-state index >= 15 is 0 Å². The summed E-state index contributed by atoms with van der Waals surface area (Å²) in [5, 5.41) is 12.3. The molecular formula is C17H21FN2O3S. The second-order valence-electron chi connectivity index (χ2n) is 6.33. The highest BCUT2D eigenvalue weighted by Crippen LogP contribution is 2.34. The van der Waals surface area contributed by atoms with E-state index in [1.807, 2.05) is 0 Å². The highest BCUT2D eigenvalue weighted by Gasteiger charge is 2.34. The van der Waals surface area contributed by atoms with Crippen molar-refractivity contribution in [1.29, 1.82) is 0 Å². The molecule has 0 spiro atoms. The number of benzene rings is 1. The summed E-state index contributed by atoms with van der Waals surface area (Å²) in [4.78, 5) is 25.2. The number of halogens is 1. The summed E-state index contributed by atoms with van der Waals surface area (Å²) in [5.74, 6) is 0.312. The molecule has 1 saturated heterocycles. The van der Waals surface area contributed by atoms with Gasteiger partial charge in [0.1, 0.15) is 11.9 Å². The molecule has 0 radical (unpaired) electrons. The highest BCUT2D eigenvalue weighted by atomic mass is 32.2. The summed E-state index contributed by atoms with van der Waals surface area (Å²) in [5.41, 5.74) is 1.09. The summed E-state index contributed by atoms with van der Waals surface area (Å²) >= 11 is 1.56. The zero-order valence-corrected chi connectivity index (χ0v) is 14.1. The summed E-state index contributed by atoms with van der Waals surface area (Å²) in [6.07, 6.45) is 2.60. The van der Waals surface area contributed by atoms with Crippen LogP contribution in [0.1, 0.15) is 30.7 Å². The predicted octanol–water partition coefficient (Wildman–Crippen LogP) is 2.67. The molecule has 2 amide bonds. The first-order valence-corrected chi connectivity index (χ1v) is 9.33. The van der Waals surface area contributed by atoms with E-state index < -0.39 is 12.0 Å². The van der Waals surface area contributed by atoms with Crippen molar-refractivity contribution in [3.63, 3.8) is 0 Å². The fourth-order valence-corrected chi connectivity index (χ4v) is 4.50. The van der Waals surface area contributed by atoms with Crippen LogP contribution in [0, 0.1) is 5.82 Å². The van der Waals surface area contributed by atoms with Crippen molar-refractivity contribution in [2.45, 2.75) is 37.3 Å². The van der Waals surface area contributed by atoms with Crippen LogP contribution in [0.2, 0.25) is 0 Å². The van der Waals surface area contributed by atoms with E-state index in [4.69, 9.17) is 0 Å². The maximum atomic E-state index is 13.0. The van der Waals surface area contributed by atoms with Crippen molar-refractivity contribution in [2.75, 3.05) is 18.1 Å². The smallest absolute Gasteiger partial charge is 0.327 e. The third-order valence-electron chi connectivity index (χ3n) is 4.78. The molecule has 1 aliphatic carbocycles. The molecule has 1 aliphatic heterocycles. The fraction of sp³-hybridized carbons (Fsp3) is 0.529. The van der Waals surface area contributed by atoms with Gasteiger partial charge in [0.2, 0.25) is 0 Å². The number of amides is 2. The third-order valence-corrected chi connectivity index (χ3v) is 5.80. The molecule has 2 aliphatic rings. The van der Waals surface area contributed by atoms with Gasteiger partial charge in [-0.1, -0.05) is 12.1 Å². The van der Waals surface area contributed by atoms with E-state index in [1.165, 1.54) is 17.0 Å². The number of thioether (sulfide) groups is 1. The van der Waals surface area contributed by atoms with Gasteiger partial charge in [-0.3, -0.25) is 0 Å². The van der Waals surface area contributed by atoms with Gasteiger partial charge in [-0.25, -0.2) is 14.0 Å². The van der Waals surface area contributed by atoms with Crippen molar-refractivity contribution in [3.05, 3.63) is 35.6 Å². The summed E-state index contributed by atoms with van der Waals surface area (Å²) < 4.78 is 13.0. The largest absolute Gasteiger partial charge is 0.480 e. The Morgan fingerprint density at radius 1 is 1.25 bits per heavy atom. The van der Waals surface area contributed by atoms with Crippen LogP contribution in [0.25, 0.3) is 0 Å². The van der Waals surface area contributed by atoms with Crippen LogP contribution in [0.5, 0.6) is 0 Å². The van der Waals surface area contributed by atoms with Gasteiger partial charge < -0.3 is 15.3 Å². The molecule has 2 fully saturated rings. The molecule has 0 aromatic heterocycles. The van der Waals surface area contributed by atoms with Gasteiger partial charge in [0.15, 0.2) is 0 Å². The zero-order chi connectivity index (χ0) is 17.1. The lowest BCUT2D eigenvalue weighted by Gasteiger charge is -2.33. The molecule has 1 aromatic carbocycles. The standard InChI is InChI=1S/C17H21FN2O3S/c18-13-4-1-11(2-5-13)12-3-6-14(9-12)19-17(23)20-7-8-24-10-15(20)16(21)22/h1-2,4-5,12,14-15H,3,6-10H2,(H,19,23)(H,21,22). The summed E-state index contributed by atoms with van der Waals surface area (Å²) in [7, 11) is 0. The van der Waals surface area contributed by atoms with Crippen LogP contribution in [0.15, 0.2) is 24.3 Å². The number of aliphatic carboxylic acids is 1. The van der Waals surface area contributed by atoms with Crippen LogP contribution in [-0.4, -0.2) is 52.1 Å². The topological polar surface area (TPSA) is 69.6 Å². The first-order chi connectivity index (χ1) is 11.5. The van der Waals surface area contributed by atoms with Gasteiger partial charge in [0.25, 0.3) is 0 Å². The second kappa shape index (κ2) is 7.42. The van der Waals surface area contributed by atoms with Crippen molar-refractivity contribution in [2.24, 2.45) is 0 Å². The van der Waals surface area contributed by atoms with E-state index in [2.05, 4.69) is 5.32 Å². The molecule has 2 N–H and O–H groups in total. The Morgan fingerprint density at radius 3 is 2.71 bits per heavy atom. The fourth-order valence-electron chi connectivity index (χ4n) is 3.46. The zero-order valence-electron chi connectivity index (χ0n) is 13.3. The van der Waals surface area contributed by atoms with Crippen LogP contribution < -0.4 is 5.32 Å². The predicted molar refractivity (Wildman–Crippen MR) is 90.8 cm³/mol. The molecular weight excluding hydrogens is 331 g/mol. The Bertz CT molecular complexity index is 610. The van der Waals surface area contributed by atoms with Crippen LogP contribution in [0.4, 0.5) is 9.18 Å². The van der Waals surface area contributed by atoms with E-state index in [-0.39, 0.29) is 17.9 Å². The number of carbonyl (C=O) groups excluding carboxylic acids is 1. The highest BCUT2D eigenvalue weighted by molar-refractivity contribution is 7.99. The molecule has 24 heavy (non-hydrogen) atoms. The molecule has 7 heteroatoms. The number of hydrogen-bond donors (Lipinski definition) is 2. The SMILES string of the molecule is O=C(O)C1CSCCN1C(=O)NC1CCC(c2ccc(F)cc2)C1. The second-order valence-corrected chi connectivity index (χ2v) is 7.48. The van der Waals surface area contributed by atoms with Gasteiger partial charge in [-0.15, -0.1) is 0 Å². The first-order valence-electron chi connectivity index (χ1n) is 8.17. The molecule has 0 bridgehead atoms. The van der Waals surface area contributed by atoms with Crippen molar-refractivity contribution in [3.8, 4) is 0 Å². The van der Waals surface area contributed by atoms with Crippen molar-refractivity contribution in [1.82, 2.24) is 10.2 Å². The lowest BCUT2D eigenvalue weighted by molar-refractivity contribution is -0.141.